The number of benzene rings is 2. The van der Waals surface area contributed by atoms with Gasteiger partial charge >= 0.3 is 0 Å². The maximum atomic E-state index is 4.60. The number of aryl methyl sites for hydroxylation is 1. The van der Waals surface area contributed by atoms with Gasteiger partial charge in [-0.2, -0.15) is 0 Å². The largest absolute Gasteiger partial charge is 0.338 e. The molecule has 0 radical (unpaired) electrons. The summed E-state index contributed by atoms with van der Waals surface area (Å²) in [6.45, 7) is 2.08. The Bertz CT molecular complexity index is 940. The predicted molar refractivity (Wildman–Crippen MR) is 92.9 cm³/mol. The number of hydrogen-bond acceptors (Lipinski definition) is 3. The third-order valence-electron chi connectivity index (χ3n) is 3.84. The van der Waals surface area contributed by atoms with Crippen molar-refractivity contribution >= 4 is 17.0 Å². The molecule has 0 saturated heterocycles. The fourth-order valence-corrected chi connectivity index (χ4v) is 2.61. The van der Waals surface area contributed by atoms with Crippen LogP contribution in [-0.4, -0.2) is 14.4 Å². The van der Waals surface area contributed by atoms with Gasteiger partial charge in [-0.3, -0.25) is 4.40 Å². The number of hydrogen-bond donors (Lipinski definition) is 1. The van der Waals surface area contributed by atoms with Gasteiger partial charge in [0.05, 0.1) is 24.4 Å². The van der Waals surface area contributed by atoms with Crippen LogP contribution in [0.5, 0.6) is 0 Å². The van der Waals surface area contributed by atoms with Crippen LogP contribution in [0, 0.1) is 6.92 Å². The minimum absolute atomic E-state index is 0.797. The normalized spacial score (nSPS) is 10.8. The first kappa shape index (κ1) is 13.5. The summed E-state index contributed by atoms with van der Waals surface area (Å²) >= 11 is 0. The summed E-state index contributed by atoms with van der Waals surface area (Å²) in [7, 11) is 0. The van der Waals surface area contributed by atoms with Crippen molar-refractivity contribution in [2.75, 3.05) is 5.32 Å². The van der Waals surface area contributed by atoms with Crippen LogP contribution in [0.1, 0.15) is 5.56 Å². The molecule has 1 N–H and O–H groups in total. The van der Waals surface area contributed by atoms with E-state index in [0.29, 0.717) is 0 Å². The van der Waals surface area contributed by atoms with E-state index in [1.54, 1.807) is 0 Å². The van der Waals surface area contributed by atoms with E-state index in [1.807, 2.05) is 36.9 Å². The first-order valence-corrected chi connectivity index (χ1v) is 7.51. The summed E-state index contributed by atoms with van der Waals surface area (Å²) in [6, 6.07) is 18.5. The molecule has 2 aromatic carbocycles. The Labute approximate surface area is 134 Å². The molecule has 0 spiro atoms. The van der Waals surface area contributed by atoms with Crippen molar-refractivity contribution in [1.29, 1.82) is 0 Å². The van der Waals surface area contributed by atoms with E-state index in [9.17, 15) is 0 Å². The smallest absolute Gasteiger partial charge is 0.156 e. The number of rotatable bonds is 3. The summed E-state index contributed by atoms with van der Waals surface area (Å²) in [4.78, 5) is 8.89. The molecule has 4 heteroatoms. The lowest BCUT2D eigenvalue weighted by Crippen LogP contribution is -1.99. The SMILES string of the molecule is Cc1ccc(Nc2ncc(-c3ccccc3)n3cncc23)cc1. The van der Waals surface area contributed by atoms with Gasteiger partial charge in [0.25, 0.3) is 0 Å². The zero-order chi connectivity index (χ0) is 15.6. The lowest BCUT2D eigenvalue weighted by molar-refractivity contribution is 1.12. The molecule has 23 heavy (non-hydrogen) atoms. The molecule has 4 nitrogen and oxygen atoms in total. The minimum atomic E-state index is 0.797. The Kier molecular flexibility index (Phi) is 3.27. The van der Waals surface area contributed by atoms with Crippen LogP contribution in [0.4, 0.5) is 11.5 Å². The number of imidazole rings is 1. The van der Waals surface area contributed by atoms with Crippen LogP contribution >= 0.6 is 0 Å². The highest BCUT2D eigenvalue weighted by molar-refractivity contribution is 5.76. The van der Waals surface area contributed by atoms with Crippen molar-refractivity contribution in [2.45, 2.75) is 6.92 Å². The van der Waals surface area contributed by atoms with E-state index in [1.165, 1.54) is 5.56 Å². The quantitative estimate of drug-likeness (QED) is 0.608. The van der Waals surface area contributed by atoms with Gasteiger partial charge in [-0.25, -0.2) is 9.97 Å². The maximum absolute atomic E-state index is 4.60. The van der Waals surface area contributed by atoms with Gasteiger partial charge in [0.15, 0.2) is 5.82 Å². The lowest BCUT2D eigenvalue weighted by Gasteiger charge is -2.11. The second-order valence-corrected chi connectivity index (χ2v) is 5.50. The molecule has 0 amide bonds. The molecule has 0 aliphatic carbocycles. The number of nitrogens with one attached hydrogen (secondary N) is 1. The van der Waals surface area contributed by atoms with Crippen molar-refractivity contribution < 1.29 is 0 Å². The summed E-state index contributed by atoms with van der Waals surface area (Å²) in [5, 5.41) is 3.37. The van der Waals surface area contributed by atoms with Crippen molar-refractivity contribution in [2.24, 2.45) is 0 Å². The molecule has 0 fully saturated rings. The topological polar surface area (TPSA) is 42.2 Å². The standard InChI is InChI=1S/C19H16N4/c1-14-7-9-16(10-8-14)22-19-18-11-20-13-23(18)17(12-21-19)15-5-3-2-4-6-15/h2-13H,1H3,(H,21,22). The Hall–Kier alpha value is -3.14. The van der Waals surface area contributed by atoms with Gasteiger partial charge in [-0.15, -0.1) is 0 Å². The third-order valence-corrected chi connectivity index (χ3v) is 3.84. The second kappa shape index (κ2) is 5.57. The monoisotopic (exact) mass is 300 g/mol. The van der Waals surface area contributed by atoms with E-state index in [2.05, 4.69) is 63.0 Å². The van der Waals surface area contributed by atoms with Crippen LogP contribution < -0.4 is 5.32 Å². The molecule has 112 valence electrons. The van der Waals surface area contributed by atoms with Gasteiger partial charge < -0.3 is 5.32 Å². The third kappa shape index (κ3) is 2.55. The number of nitrogens with zero attached hydrogens (tertiary/aromatic N) is 3. The van der Waals surface area contributed by atoms with Gasteiger partial charge in [-0.1, -0.05) is 48.0 Å². The first-order valence-electron chi connectivity index (χ1n) is 7.51. The maximum Gasteiger partial charge on any atom is 0.156 e. The van der Waals surface area contributed by atoms with Gasteiger partial charge in [0.2, 0.25) is 0 Å². The average Bonchev–Trinajstić information content (AvgIpc) is 3.08. The molecular formula is C19H16N4. The van der Waals surface area contributed by atoms with Crippen LogP contribution in [0.25, 0.3) is 16.8 Å². The van der Waals surface area contributed by atoms with E-state index in [0.717, 1.165) is 28.3 Å². The van der Waals surface area contributed by atoms with E-state index in [-0.39, 0.29) is 0 Å². The molecule has 2 aromatic heterocycles. The summed E-state index contributed by atoms with van der Waals surface area (Å²) < 4.78 is 2.05. The number of fused-ring (bicyclic) bond motifs is 1. The van der Waals surface area contributed by atoms with Crippen molar-refractivity contribution in [1.82, 2.24) is 14.4 Å². The first-order chi connectivity index (χ1) is 11.3. The molecule has 0 saturated carbocycles. The van der Waals surface area contributed by atoms with E-state index < -0.39 is 0 Å². The van der Waals surface area contributed by atoms with Gasteiger partial charge in [0.1, 0.15) is 5.52 Å². The second-order valence-electron chi connectivity index (χ2n) is 5.50. The Morgan fingerprint density at radius 3 is 2.48 bits per heavy atom. The molecule has 0 atom stereocenters. The molecule has 4 rings (SSSR count). The van der Waals surface area contributed by atoms with Crippen molar-refractivity contribution in [3.05, 3.63) is 78.9 Å². The van der Waals surface area contributed by atoms with E-state index in [4.69, 9.17) is 0 Å². The average molecular weight is 300 g/mol. The van der Waals surface area contributed by atoms with Crippen molar-refractivity contribution in [3.63, 3.8) is 0 Å². The Morgan fingerprint density at radius 2 is 1.70 bits per heavy atom. The molecule has 0 aliphatic heterocycles. The summed E-state index contributed by atoms with van der Waals surface area (Å²) in [6.07, 6.45) is 5.52. The Balaban J connectivity index is 1.78. The van der Waals surface area contributed by atoms with Crippen LogP contribution in [-0.2, 0) is 0 Å². The highest BCUT2D eigenvalue weighted by Gasteiger charge is 2.09. The van der Waals surface area contributed by atoms with Crippen molar-refractivity contribution in [3.8, 4) is 11.3 Å². The summed E-state index contributed by atoms with van der Waals surface area (Å²) in [5.74, 6) is 0.797. The zero-order valence-corrected chi connectivity index (χ0v) is 12.8. The number of anilines is 2. The van der Waals surface area contributed by atoms with E-state index >= 15 is 0 Å². The van der Waals surface area contributed by atoms with Gasteiger partial charge in [-0.05, 0) is 19.1 Å². The molecule has 4 aromatic rings. The van der Waals surface area contributed by atoms with Crippen LogP contribution in [0.15, 0.2) is 73.3 Å². The predicted octanol–water partition coefficient (Wildman–Crippen LogP) is 4.45. The molecule has 0 aliphatic rings. The fourth-order valence-electron chi connectivity index (χ4n) is 2.61. The number of aromatic nitrogens is 3. The molecule has 0 unspecified atom stereocenters. The summed E-state index contributed by atoms with van der Waals surface area (Å²) in [5.41, 5.74) is 5.33. The van der Waals surface area contributed by atoms with Crippen LogP contribution in [0.3, 0.4) is 0 Å². The lowest BCUT2D eigenvalue weighted by atomic mass is 10.1. The Morgan fingerprint density at radius 1 is 0.913 bits per heavy atom. The minimum Gasteiger partial charge on any atom is -0.338 e. The molecule has 0 bridgehead atoms. The highest BCUT2D eigenvalue weighted by atomic mass is 15.1. The fraction of sp³-hybridized carbons (Fsp3) is 0.0526. The van der Waals surface area contributed by atoms with Crippen LogP contribution in [0.2, 0.25) is 0 Å². The zero-order valence-electron chi connectivity index (χ0n) is 12.8. The van der Waals surface area contributed by atoms with Gasteiger partial charge in [0, 0.05) is 11.3 Å². The molecular weight excluding hydrogens is 284 g/mol. The highest BCUT2D eigenvalue weighted by Crippen LogP contribution is 2.25. The molecule has 2 heterocycles.